The summed E-state index contributed by atoms with van der Waals surface area (Å²) in [5.74, 6) is 0.381. The van der Waals surface area contributed by atoms with E-state index in [9.17, 15) is 9.90 Å². The van der Waals surface area contributed by atoms with Crippen molar-refractivity contribution >= 4 is 6.03 Å². The number of amides is 2. The van der Waals surface area contributed by atoms with Crippen LogP contribution < -0.4 is 10.6 Å². The van der Waals surface area contributed by atoms with Gasteiger partial charge in [-0.25, -0.2) is 9.78 Å². The number of benzene rings is 1. The molecule has 0 spiro atoms. The van der Waals surface area contributed by atoms with Crippen LogP contribution in [0.3, 0.4) is 0 Å². The van der Waals surface area contributed by atoms with Gasteiger partial charge in [0.25, 0.3) is 0 Å². The zero-order valence-electron chi connectivity index (χ0n) is 13.9. The van der Waals surface area contributed by atoms with Crippen molar-refractivity contribution in [2.45, 2.75) is 38.4 Å². The fourth-order valence-corrected chi connectivity index (χ4v) is 2.91. The van der Waals surface area contributed by atoms with Gasteiger partial charge in [-0.15, -0.1) is 0 Å². The lowest BCUT2D eigenvalue weighted by Gasteiger charge is -2.28. The van der Waals surface area contributed by atoms with E-state index in [4.69, 9.17) is 0 Å². The molecule has 6 heteroatoms. The normalized spacial score (nSPS) is 16.4. The molecule has 1 aromatic carbocycles. The smallest absolute Gasteiger partial charge is 0.315 e. The highest BCUT2D eigenvalue weighted by Crippen LogP contribution is 2.39. The number of hydrogen-bond acceptors (Lipinski definition) is 3. The van der Waals surface area contributed by atoms with Crippen LogP contribution in [0.4, 0.5) is 4.79 Å². The Morgan fingerprint density at radius 3 is 2.88 bits per heavy atom. The summed E-state index contributed by atoms with van der Waals surface area (Å²) in [6, 6.07) is 7.87. The largest absolute Gasteiger partial charge is 0.394 e. The molecule has 1 aliphatic rings. The fraction of sp³-hybridized carbons (Fsp3) is 0.444. The van der Waals surface area contributed by atoms with Gasteiger partial charge in [0.05, 0.1) is 18.5 Å². The number of imidazole rings is 1. The van der Waals surface area contributed by atoms with Gasteiger partial charge in [0, 0.05) is 25.5 Å². The highest BCUT2D eigenvalue weighted by Gasteiger charge is 2.42. The number of aromatic nitrogens is 2. The number of hydrogen-bond donors (Lipinski definition) is 3. The number of carbonyl (C=O) groups is 1. The second-order valence-electron chi connectivity index (χ2n) is 6.71. The van der Waals surface area contributed by atoms with E-state index >= 15 is 0 Å². The molecule has 1 aromatic heterocycles. The minimum atomic E-state index is -0.520. The molecule has 128 valence electrons. The Balaban J connectivity index is 1.53. The van der Waals surface area contributed by atoms with Gasteiger partial charge >= 0.3 is 6.03 Å². The Bertz CT molecular complexity index is 682. The van der Waals surface area contributed by atoms with Crippen LogP contribution in [-0.2, 0) is 13.1 Å². The van der Waals surface area contributed by atoms with Gasteiger partial charge in [-0.05, 0) is 36.8 Å². The summed E-state index contributed by atoms with van der Waals surface area (Å²) >= 11 is 0. The first-order valence-corrected chi connectivity index (χ1v) is 8.29. The highest BCUT2D eigenvalue weighted by atomic mass is 16.3. The number of aliphatic hydroxyl groups excluding tert-OH is 1. The SMILES string of the molecule is CC(CO)(NC(=O)NCc1cccc(Cn2ccnc2)c1)C1CC1. The number of aliphatic hydroxyl groups is 1. The molecule has 0 saturated heterocycles. The van der Waals surface area contributed by atoms with E-state index in [1.54, 1.807) is 12.5 Å². The van der Waals surface area contributed by atoms with Crippen LogP contribution in [-0.4, -0.2) is 32.8 Å². The second-order valence-corrected chi connectivity index (χ2v) is 6.71. The molecule has 1 atom stereocenters. The molecule has 1 unspecified atom stereocenters. The fourth-order valence-electron chi connectivity index (χ4n) is 2.91. The Morgan fingerprint density at radius 2 is 2.21 bits per heavy atom. The Hall–Kier alpha value is -2.34. The first kappa shape index (κ1) is 16.5. The van der Waals surface area contributed by atoms with Gasteiger partial charge in [0.15, 0.2) is 0 Å². The van der Waals surface area contributed by atoms with Gasteiger partial charge in [-0.3, -0.25) is 0 Å². The molecule has 3 N–H and O–H groups in total. The third-order valence-corrected chi connectivity index (χ3v) is 4.57. The molecule has 1 heterocycles. The molecule has 1 saturated carbocycles. The predicted molar refractivity (Wildman–Crippen MR) is 91.4 cm³/mol. The van der Waals surface area contributed by atoms with Crippen molar-refractivity contribution in [3.8, 4) is 0 Å². The van der Waals surface area contributed by atoms with Crippen molar-refractivity contribution in [1.29, 1.82) is 0 Å². The van der Waals surface area contributed by atoms with Crippen molar-refractivity contribution in [3.63, 3.8) is 0 Å². The van der Waals surface area contributed by atoms with Crippen LogP contribution in [0, 0.1) is 5.92 Å². The molecule has 24 heavy (non-hydrogen) atoms. The molecular formula is C18H24N4O2. The minimum Gasteiger partial charge on any atom is -0.394 e. The Morgan fingerprint density at radius 1 is 1.42 bits per heavy atom. The van der Waals surface area contributed by atoms with E-state index < -0.39 is 5.54 Å². The van der Waals surface area contributed by atoms with E-state index in [0.29, 0.717) is 12.5 Å². The topological polar surface area (TPSA) is 79.2 Å². The van der Waals surface area contributed by atoms with E-state index in [1.165, 1.54) is 0 Å². The lowest BCUT2D eigenvalue weighted by molar-refractivity contribution is 0.155. The number of nitrogens with one attached hydrogen (secondary N) is 2. The summed E-state index contributed by atoms with van der Waals surface area (Å²) < 4.78 is 2.00. The van der Waals surface area contributed by atoms with Gasteiger partial charge < -0.3 is 20.3 Å². The maximum absolute atomic E-state index is 12.1. The third-order valence-electron chi connectivity index (χ3n) is 4.57. The molecule has 1 aliphatic carbocycles. The summed E-state index contributed by atoms with van der Waals surface area (Å²) in [4.78, 5) is 16.2. The molecule has 0 bridgehead atoms. The molecule has 1 fully saturated rings. The molecular weight excluding hydrogens is 304 g/mol. The number of urea groups is 1. The molecule has 2 aromatic rings. The standard InChI is InChI=1S/C18H24N4O2/c1-18(12-23,16-5-6-16)21-17(24)20-10-14-3-2-4-15(9-14)11-22-8-7-19-13-22/h2-4,7-9,13,16,23H,5-6,10-12H2,1H3,(H2,20,21,24). The van der Waals surface area contributed by atoms with Gasteiger partial charge in [0.2, 0.25) is 0 Å². The second kappa shape index (κ2) is 7.05. The maximum Gasteiger partial charge on any atom is 0.315 e. The van der Waals surface area contributed by atoms with Crippen LogP contribution in [0.15, 0.2) is 43.0 Å². The maximum atomic E-state index is 12.1. The van der Waals surface area contributed by atoms with Crippen LogP contribution in [0.2, 0.25) is 0 Å². The summed E-state index contributed by atoms with van der Waals surface area (Å²) in [5, 5.41) is 15.3. The number of rotatable bonds is 7. The molecule has 0 radical (unpaired) electrons. The van der Waals surface area contributed by atoms with Crippen molar-refractivity contribution in [1.82, 2.24) is 20.2 Å². The first-order valence-electron chi connectivity index (χ1n) is 8.29. The van der Waals surface area contributed by atoms with Crippen molar-refractivity contribution in [2.75, 3.05) is 6.61 Å². The molecule has 3 rings (SSSR count). The lowest BCUT2D eigenvalue weighted by atomic mass is 9.97. The lowest BCUT2D eigenvalue weighted by Crippen LogP contribution is -2.53. The number of carbonyl (C=O) groups excluding carboxylic acids is 1. The highest BCUT2D eigenvalue weighted by molar-refractivity contribution is 5.74. The van der Waals surface area contributed by atoms with E-state index in [2.05, 4.69) is 27.8 Å². The third kappa shape index (κ3) is 4.14. The monoisotopic (exact) mass is 328 g/mol. The predicted octanol–water partition coefficient (Wildman–Crippen LogP) is 1.89. The van der Waals surface area contributed by atoms with Crippen LogP contribution in [0.5, 0.6) is 0 Å². The summed E-state index contributed by atoms with van der Waals surface area (Å²) in [7, 11) is 0. The van der Waals surface area contributed by atoms with Crippen molar-refractivity contribution in [3.05, 3.63) is 54.1 Å². The van der Waals surface area contributed by atoms with Gasteiger partial charge in [-0.1, -0.05) is 24.3 Å². The van der Waals surface area contributed by atoms with E-state index in [-0.39, 0.29) is 12.6 Å². The molecule has 2 amide bonds. The number of nitrogens with zero attached hydrogens (tertiary/aromatic N) is 2. The summed E-state index contributed by atoms with van der Waals surface area (Å²) in [5.41, 5.74) is 1.68. The van der Waals surface area contributed by atoms with Crippen molar-refractivity contribution < 1.29 is 9.90 Å². The first-order chi connectivity index (χ1) is 11.6. The average molecular weight is 328 g/mol. The zero-order valence-corrected chi connectivity index (χ0v) is 13.9. The Labute approximate surface area is 141 Å². The van der Waals surface area contributed by atoms with Crippen LogP contribution in [0.1, 0.15) is 30.9 Å². The Kier molecular flexibility index (Phi) is 4.85. The minimum absolute atomic E-state index is 0.0362. The quantitative estimate of drug-likeness (QED) is 0.726. The zero-order chi connectivity index (χ0) is 17.0. The van der Waals surface area contributed by atoms with E-state index in [1.807, 2.05) is 29.8 Å². The van der Waals surface area contributed by atoms with Crippen LogP contribution >= 0.6 is 0 Å². The molecule has 0 aliphatic heterocycles. The van der Waals surface area contributed by atoms with E-state index in [0.717, 1.165) is 30.5 Å². The summed E-state index contributed by atoms with van der Waals surface area (Å²) in [6.07, 6.45) is 7.59. The average Bonchev–Trinajstić information content (AvgIpc) is 3.33. The summed E-state index contributed by atoms with van der Waals surface area (Å²) in [6.45, 7) is 3.07. The van der Waals surface area contributed by atoms with Crippen LogP contribution in [0.25, 0.3) is 0 Å². The molecule has 6 nitrogen and oxygen atoms in total. The van der Waals surface area contributed by atoms with Gasteiger partial charge in [0.1, 0.15) is 0 Å². The van der Waals surface area contributed by atoms with Crippen molar-refractivity contribution in [2.24, 2.45) is 5.92 Å². The van der Waals surface area contributed by atoms with Gasteiger partial charge in [-0.2, -0.15) is 0 Å².